The normalized spacial score (nSPS) is 13.0. The van der Waals surface area contributed by atoms with Crippen LogP contribution in [0.1, 0.15) is 10.9 Å². The van der Waals surface area contributed by atoms with Gasteiger partial charge in [0.05, 0.1) is 11.7 Å². The Morgan fingerprint density at radius 3 is 2.71 bits per heavy atom. The molecule has 1 atom stereocenters. The van der Waals surface area contributed by atoms with Crippen LogP contribution in [0.4, 0.5) is 0 Å². The van der Waals surface area contributed by atoms with E-state index in [1.54, 1.807) is 11.3 Å². The molecule has 4 N–H and O–H groups in total. The molecule has 0 radical (unpaired) electrons. The molecule has 0 amide bonds. The van der Waals surface area contributed by atoms with E-state index < -0.39 is 0 Å². The van der Waals surface area contributed by atoms with Crippen molar-refractivity contribution in [1.82, 2.24) is 4.57 Å². The highest BCUT2D eigenvalue weighted by Gasteiger charge is 2.11. The number of thiophene rings is 1. The van der Waals surface area contributed by atoms with Crippen LogP contribution in [0.3, 0.4) is 0 Å². The first kappa shape index (κ1) is 9.45. The van der Waals surface area contributed by atoms with E-state index in [9.17, 15) is 0 Å². The molecule has 4 heteroatoms. The lowest BCUT2D eigenvalue weighted by molar-refractivity contribution is 0.745. The molecule has 2 rings (SSSR count). The maximum atomic E-state index is 5.92. The molecular formula is C10H13N3S. The Morgan fingerprint density at radius 2 is 2.07 bits per heavy atom. The molecule has 2 aromatic heterocycles. The van der Waals surface area contributed by atoms with Crippen LogP contribution in [0.5, 0.6) is 0 Å². The monoisotopic (exact) mass is 207 g/mol. The summed E-state index contributed by atoms with van der Waals surface area (Å²) in [4.78, 5) is 1.14. The smallest absolute Gasteiger partial charge is 0.0605 e. The van der Waals surface area contributed by atoms with Crippen LogP contribution < -0.4 is 11.5 Å². The van der Waals surface area contributed by atoms with E-state index in [0.29, 0.717) is 6.54 Å². The van der Waals surface area contributed by atoms with E-state index in [4.69, 9.17) is 11.5 Å². The highest BCUT2D eigenvalue weighted by atomic mass is 32.1. The summed E-state index contributed by atoms with van der Waals surface area (Å²) in [5, 5.41) is 2.04. The number of rotatable bonds is 3. The van der Waals surface area contributed by atoms with Crippen molar-refractivity contribution < 1.29 is 0 Å². The molecule has 0 fully saturated rings. The summed E-state index contributed by atoms with van der Waals surface area (Å²) in [5.74, 6) is 0. The number of nitrogens with two attached hydrogens (primary N) is 2. The standard InChI is InChI=1S/C10H13N3S/c11-7-8(12)10-9(3-6-14-10)13-4-1-2-5-13/h1-6,8H,7,11-12H2. The molecule has 0 bridgehead atoms. The van der Waals surface area contributed by atoms with E-state index >= 15 is 0 Å². The topological polar surface area (TPSA) is 57.0 Å². The molecule has 3 nitrogen and oxygen atoms in total. The summed E-state index contributed by atoms with van der Waals surface area (Å²) in [6.45, 7) is 0.481. The minimum Gasteiger partial charge on any atom is -0.329 e. The maximum Gasteiger partial charge on any atom is 0.0605 e. The Hall–Kier alpha value is -1.10. The highest BCUT2D eigenvalue weighted by Crippen LogP contribution is 2.25. The predicted molar refractivity (Wildman–Crippen MR) is 59.6 cm³/mol. The van der Waals surface area contributed by atoms with Crippen molar-refractivity contribution in [2.45, 2.75) is 6.04 Å². The minimum atomic E-state index is -0.0626. The number of hydrogen-bond donors (Lipinski definition) is 2. The number of hydrogen-bond acceptors (Lipinski definition) is 3. The molecule has 0 saturated heterocycles. The zero-order valence-corrected chi connectivity index (χ0v) is 8.58. The van der Waals surface area contributed by atoms with Gasteiger partial charge in [0.25, 0.3) is 0 Å². The third-order valence-corrected chi connectivity index (χ3v) is 3.18. The van der Waals surface area contributed by atoms with Crippen molar-refractivity contribution in [3.63, 3.8) is 0 Å². The third kappa shape index (κ3) is 1.59. The van der Waals surface area contributed by atoms with Crippen LogP contribution in [-0.4, -0.2) is 11.1 Å². The lowest BCUT2D eigenvalue weighted by atomic mass is 10.2. The van der Waals surface area contributed by atoms with Gasteiger partial charge >= 0.3 is 0 Å². The molecule has 0 aliphatic heterocycles. The van der Waals surface area contributed by atoms with Crippen LogP contribution in [-0.2, 0) is 0 Å². The summed E-state index contributed by atoms with van der Waals surface area (Å²) in [6, 6.07) is 5.99. The molecular weight excluding hydrogens is 194 g/mol. The van der Waals surface area contributed by atoms with Gasteiger partial charge in [0.15, 0.2) is 0 Å². The molecule has 0 aromatic carbocycles. The highest BCUT2D eigenvalue weighted by molar-refractivity contribution is 7.10. The van der Waals surface area contributed by atoms with Gasteiger partial charge < -0.3 is 16.0 Å². The molecule has 0 aliphatic carbocycles. The quantitative estimate of drug-likeness (QED) is 0.801. The Morgan fingerprint density at radius 1 is 1.36 bits per heavy atom. The Bertz CT molecular complexity index is 391. The summed E-state index contributed by atoms with van der Waals surface area (Å²) < 4.78 is 2.06. The first-order valence-electron chi connectivity index (χ1n) is 4.49. The Kier molecular flexibility index (Phi) is 2.67. The molecule has 2 aromatic rings. The molecule has 14 heavy (non-hydrogen) atoms. The average molecular weight is 207 g/mol. The van der Waals surface area contributed by atoms with Gasteiger partial charge in [-0.3, -0.25) is 0 Å². The molecule has 74 valence electrons. The van der Waals surface area contributed by atoms with Gasteiger partial charge in [0.2, 0.25) is 0 Å². The van der Waals surface area contributed by atoms with Gasteiger partial charge in [-0.05, 0) is 23.6 Å². The van der Waals surface area contributed by atoms with Gasteiger partial charge in [-0.25, -0.2) is 0 Å². The molecule has 0 spiro atoms. The van der Waals surface area contributed by atoms with Crippen LogP contribution in [0.2, 0.25) is 0 Å². The Balaban J connectivity index is 2.40. The molecule has 2 heterocycles. The summed E-state index contributed by atoms with van der Waals surface area (Å²) in [5.41, 5.74) is 12.6. The second-order valence-corrected chi connectivity index (χ2v) is 4.05. The first-order valence-corrected chi connectivity index (χ1v) is 5.37. The van der Waals surface area contributed by atoms with Crippen molar-refractivity contribution in [1.29, 1.82) is 0 Å². The minimum absolute atomic E-state index is 0.0626. The lowest BCUT2D eigenvalue weighted by Crippen LogP contribution is -2.20. The van der Waals surface area contributed by atoms with Gasteiger partial charge in [-0.2, -0.15) is 0 Å². The van der Waals surface area contributed by atoms with Gasteiger partial charge in [-0.15, -0.1) is 11.3 Å². The van der Waals surface area contributed by atoms with Crippen molar-refractivity contribution in [2.75, 3.05) is 6.54 Å². The molecule has 0 aliphatic rings. The summed E-state index contributed by atoms with van der Waals surface area (Å²) in [6.07, 6.45) is 4.02. The lowest BCUT2D eigenvalue weighted by Gasteiger charge is -2.10. The maximum absolute atomic E-state index is 5.92. The van der Waals surface area contributed by atoms with Crippen LogP contribution >= 0.6 is 11.3 Å². The van der Waals surface area contributed by atoms with Crippen molar-refractivity contribution in [3.05, 3.63) is 40.8 Å². The van der Waals surface area contributed by atoms with E-state index in [-0.39, 0.29) is 6.04 Å². The first-order chi connectivity index (χ1) is 6.83. The SMILES string of the molecule is NCC(N)c1sccc1-n1cccc1. The van der Waals surface area contributed by atoms with E-state index in [1.807, 2.05) is 29.9 Å². The average Bonchev–Trinajstić information content (AvgIpc) is 2.85. The Labute approximate surface area is 87.0 Å². The van der Waals surface area contributed by atoms with Crippen LogP contribution in [0, 0.1) is 0 Å². The van der Waals surface area contributed by atoms with Crippen molar-refractivity contribution in [2.24, 2.45) is 11.5 Å². The largest absolute Gasteiger partial charge is 0.329 e. The van der Waals surface area contributed by atoms with E-state index in [2.05, 4.69) is 10.6 Å². The van der Waals surface area contributed by atoms with Gasteiger partial charge in [0.1, 0.15) is 0 Å². The zero-order valence-electron chi connectivity index (χ0n) is 7.76. The second kappa shape index (κ2) is 3.96. The fraction of sp³-hybridized carbons (Fsp3) is 0.200. The predicted octanol–water partition coefficient (Wildman–Crippen LogP) is 1.50. The van der Waals surface area contributed by atoms with Crippen molar-refractivity contribution in [3.8, 4) is 5.69 Å². The summed E-state index contributed by atoms with van der Waals surface area (Å²) >= 11 is 1.65. The number of nitrogens with zero attached hydrogens (tertiary/aromatic N) is 1. The fourth-order valence-corrected chi connectivity index (χ4v) is 2.32. The second-order valence-electron chi connectivity index (χ2n) is 3.10. The number of aromatic nitrogens is 1. The molecule has 0 saturated carbocycles. The fourth-order valence-electron chi connectivity index (χ4n) is 1.41. The van der Waals surface area contributed by atoms with E-state index in [0.717, 1.165) is 10.6 Å². The van der Waals surface area contributed by atoms with Crippen molar-refractivity contribution >= 4 is 11.3 Å². The molecule has 1 unspecified atom stereocenters. The van der Waals surface area contributed by atoms with Crippen LogP contribution in [0.25, 0.3) is 5.69 Å². The van der Waals surface area contributed by atoms with E-state index in [1.165, 1.54) is 0 Å². The van der Waals surface area contributed by atoms with Gasteiger partial charge in [-0.1, -0.05) is 0 Å². The van der Waals surface area contributed by atoms with Gasteiger partial charge in [0, 0.05) is 23.8 Å². The van der Waals surface area contributed by atoms with Crippen LogP contribution in [0.15, 0.2) is 36.0 Å². The summed E-state index contributed by atoms with van der Waals surface area (Å²) in [7, 11) is 0. The third-order valence-electron chi connectivity index (χ3n) is 2.15. The zero-order chi connectivity index (χ0) is 9.97.